The number of benzene rings is 2. The van der Waals surface area contributed by atoms with Crippen LogP contribution < -0.4 is 5.32 Å². The van der Waals surface area contributed by atoms with Crippen LogP contribution >= 0.6 is 11.3 Å². The first kappa shape index (κ1) is 20.2. The van der Waals surface area contributed by atoms with Gasteiger partial charge in [-0.1, -0.05) is 42.5 Å². The fourth-order valence-electron chi connectivity index (χ4n) is 3.19. The molecule has 1 aromatic heterocycles. The summed E-state index contributed by atoms with van der Waals surface area (Å²) in [5, 5.41) is 11.3. The van der Waals surface area contributed by atoms with Gasteiger partial charge in [0.05, 0.1) is 5.92 Å². The molecule has 1 heterocycles. The number of rotatable bonds is 7. The second kappa shape index (κ2) is 8.71. The smallest absolute Gasteiger partial charge is 0.309 e. The van der Waals surface area contributed by atoms with Crippen LogP contribution in [0.5, 0.6) is 0 Å². The van der Waals surface area contributed by atoms with Crippen molar-refractivity contribution in [3.8, 4) is 0 Å². The maximum atomic E-state index is 13.0. The number of hydrogen-bond acceptors (Lipinski definition) is 6. The molecule has 2 unspecified atom stereocenters. The average molecular weight is 425 g/mol. The molecule has 0 aliphatic heterocycles. The van der Waals surface area contributed by atoms with Gasteiger partial charge in [0.1, 0.15) is 12.4 Å². The van der Waals surface area contributed by atoms with E-state index in [0.29, 0.717) is 17.1 Å². The van der Waals surface area contributed by atoms with E-state index in [-0.39, 0.29) is 41.1 Å². The van der Waals surface area contributed by atoms with Gasteiger partial charge in [-0.15, -0.1) is 10.2 Å². The number of amides is 1. The van der Waals surface area contributed by atoms with Crippen LogP contribution in [-0.2, 0) is 22.6 Å². The molecular weight excluding hydrogens is 405 g/mol. The summed E-state index contributed by atoms with van der Waals surface area (Å²) in [4.78, 5) is 24.6. The lowest BCUT2D eigenvalue weighted by atomic mass is 10.1. The minimum absolute atomic E-state index is 0.0262. The van der Waals surface area contributed by atoms with E-state index in [1.54, 1.807) is 12.1 Å². The van der Waals surface area contributed by atoms with Crippen molar-refractivity contribution in [1.29, 1.82) is 0 Å². The van der Waals surface area contributed by atoms with E-state index in [2.05, 4.69) is 22.4 Å². The predicted molar refractivity (Wildman–Crippen MR) is 111 cm³/mol. The van der Waals surface area contributed by atoms with Crippen molar-refractivity contribution in [3.05, 3.63) is 75.5 Å². The van der Waals surface area contributed by atoms with Crippen molar-refractivity contribution in [2.45, 2.75) is 32.3 Å². The summed E-state index contributed by atoms with van der Waals surface area (Å²) in [5.41, 5.74) is 2.80. The van der Waals surface area contributed by atoms with Crippen LogP contribution in [0.15, 0.2) is 48.5 Å². The van der Waals surface area contributed by atoms with E-state index in [4.69, 9.17) is 4.74 Å². The highest BCUT2D eigenvalue weighted by atomic mass is 32.1. The SMILES string of the molecule is CCc1ccc(NC(=O)c2nnc(COC(=O)C3CC3c3ccc(F)cc3)s2)cc1. The summed E-state index contributed by atoms with van der Waals surface area (Å²) in [6.45, 7) is 2.04. The lowest BCUT2D eigenvalue weighted by molar-refractivity contribution is -0.146. The Morgan fingerprint density at radius 1 is 1.13 bits per heavy atom. The van der Waals surface area contributed by atoms with Crippen LogP contribution in [0, 0.1) is 11.7 Å². The van der Waals surface area contributed by atoms with Crippen LogP contribution in [0.3, 0.4) is 0 Å². The number of nitrogens with zero attached hydrogens (tertiary/aromatic N) is 2. The summed E-state index contributed by atoms with van der Waals surface area (Å²) < 4.78 is 18.3. The third-order valence-electron chi connectivity index (χ3n) is 5.01. The fourth-order valence-corrected chi connectivity index (χ4v) is 3.83. The predicted octanol–water partition coefficient (Wildman–Crippen LogP) is 4.34. The molecule has 1 N–H and O–H groups in total. The zero-order valence-electron chi connectivity index (χ0n) is 16.3. The normalized spacial score (nSPS) is 17.4. The van der Waals surface area contributed by atoms with E-state index < -0.39 is 0 Å². The molecule has 30 heavy (non-hydrogen) atoms. The number of ether oxygens (including phenoxy) is 1. The average Bonchev–Trinajstić information content (AvgIpc) is 3.42. The molecule has 4 rings (SSSR count). The van der Waals surface area contributed by atoms with E-state index in [1.165, 1.54) is 17.7 Å². The summed E-state index contributed by atoms with van der Waals surface area (Å²) in [6.07, 6.45) is 1.61. The third-order valence-corrected chi connectivity index (χ3v) is 5.91. The van der Waals surface area contributed by atoms with Gasteiger partial charge in [-0.05, 0) is 54.2 Å². The molecule has 0 saturated heterocycles. The molecule has 0 spiro atoms. The van der Waals surface area contributed by atoms with Gasteiger partial charge < -0.3 is 10.1 Å². The highest BCUT2D eigenvalue weighted by Gasteiger charge is 2.45. The Morgan fingerprint density at radius 3 is 2.57 bits per heavy atom. The number of hydrogen-bond donors (Lipinski definition) is 1. The van der Waals surface area contributed by atoms with Crippen molar-refractivity contribution >= 4 is 28.9 Å². The van der Waals surface area contributed by atoms with Crippen LogP contribution in [0.25, 0.3) is 0 Å². The van der Waals surface area contributed by atoms with E-state index in [0.717, 1.165) is 23.3 Å². The Kier molecular flexibility index (Phi) is 5.85. The first-order valence-corrected chi connectivity index (χ1v) is 10.5. The molecule has 3 aromatic rings. The number of carbonyl (C=O) groups is 2. The first-order chi connectivity index (χ1) is 14.5. The molecule has 1 amide bonds. The lowest BCUT2D eigenvalue weighted by Crippen LogP contribution is -2.11. The standard InChI is InChI=1S/C22H20FN3O3S/c1-2-13-3-9-16(10-4-13)24-20(27)21-26-25-19(30-21)12-29-22(28)18-11-17(18)14-5-7-15(23)8-6-14/h3-10,17-18H,2,11-12H2,1H3,(H,24,27). The fraction of sp³-hybridized carbons (Fsp3) is 0.273. The molecule has 8 heteroatoms. The molecule has 0 bridgehead atoms. The van der Waals surface area contributed by atoms with Crippen molar-refractivity contribution in [2.24, 2.45) is 5.92 Å². The van der Waals surface area contributed by atoms with Gasteiger partial charge in [0.2, 0.25) is 5.01 Å². The second-order valence-electron chi connectivity index (χ2n) is 7.11. The van der Waals surface area contributed by atoms with Gasteiger partial charge in [-0.3, -0.25) is 9.59 Å². The molecule has 154 valence electrons. The summed E-state index contributed by atoms with van der Waals surface area (Å²) >= 11 is 1.09. The van der Waals surface area contributed by atoms with Crippen molar-refractivity contribution < 1.29 is 18.7 Å². The molecule has 2 aromatic carbocycles. The van der Waals surface area contributed by atoms with Gasteiger partial charge in [-0.25, -0.2) is 4.39 Å². The van der Waals surface area contributed by atoms with Crippen LogP contribution in [0.2, 0.25) is 0 Å². The quantitative estimate of drug-likeness (QED) is 0.570. The maximum Gasteiger partial charge on any atom is 0.309 e. The van der Waals surface area contributed by atoms with Crippen LogP contribution in [0.1, 0.15) is 45.2 Å². The number of aromatic nitrogens is 2. The summed E-state index contributed by atoms with van der Waals surface area (Å²) in [7, 11) is 0. The number of carbonyl (C=O) groups excluding carboxylic acids is 2. The number of halogens is 1. The minimum atomic E-state index is -0.354. The first-order valence-electron chi connectivity index (χ1n) is 9.68. The zero-order valence-corrected chi connectivity index (χ0v) is 17.1. The minimum Gasteiger partial charge on any atom is -0.458 e. The summed E-state index contributed by atoms with van der Waals surface area (Å²) in [6, 6.07) is 13.8. The Bertz CT molecular complexity index is 1050. The van der Waals surface area contributed by atoms with Gasteiger partial charge in [0.15, 0.2) is 5.01 Å². The lowest BCUT2D eigenvalue weighted by Gasteiger charge is -2.03. The Balaban J connectivity index is 1.27. The van der Waals surface area contributed by atoms with E-state index in [1.807, 2.05) is 24.3 Å². The number of anilines is 1. The number of esters is 1. The van der Waals surface area contributed by atoms with Crippen molar-refractivity contribution in [1.82, 2.24) is 10.2 Å². The van der Waals surface area contributed by atoms with Gasteiger partial charge in [0.25, 0.3) is 5.91 Å². The molecule has 1 aliphatic carbocycles. The van der Waals surface area contributed by atoms with Gasteiger partial charge >= 0.3 is 5.97 Å². The van der Waals surface area contributed by atoms with Gasteiger partial charge in [0, 0.05) is 5.69 Å². The Hall–Kier alpha value is -3.13. The molecule has 0 radical (unpaired) electrons. The van der Waals surface area contributed by atoms with Crippen molar-refractivity contribution in [2.75, 3.05) is 5.32 Å². The largest absolute Gasteiger partial charge is 0.458 e. The molecule has 6 nitrogen and oxygen atoms in total. The zero-order chi connectivity index (χ0) is 21.1. The number of aryl methyl sites for hydroxylation is 1. The van der Waals surface area contributed by atoms with E-state index >= 15 is 0 Å². The number of nitrogens with one attached hydrogen (secondary N) is 1. The maximum absolute atomic E-state index is 13.0. The van der Waals surface area contributed by atoms with Gasteiger partial charge in [-0.2, -0.15) is 0 Å². The van der Waals surface area contributed by atoms with Crippen molar-refractivity contribution in [3.63, 3.8) is 0 Å². The highest BCUT2D eigenvalue weighted by Crippen LogP contribution is 2.48. The monoisotopic (exact) mass is 425 g/mol. The topological polar surface area (TPSA) is 81.2 Å². The van der Waals surface area contributed by atoms with E-state index in [9.17, 15) is 14.0 Å². The molecule has 2 atom stereocenters. The third kappa shape index (κ3) is 4.71. The van der Waals surface area contributed by atoms with Crippen LogP contribution in [0.4, 0.5) is 10.1 Å². The second-order valence-corrected chi connectivity index (χ2v) is 8.18. The Labute approximate surface area is 177 Å². The van der Waals surface area contributed by atoms with Crippen LogP contribution in [-0.4, -0.2) is 22.1 Å². The Morgan fingerprint density at radius 2 is 1.87 bits per heavy atom. The highest BCUT2D eigenvalue weighted by molar-refractivity contribution is 7.13. The molecule has 1 saturated carbocycles. The summed E-state index contributed by atoms with van der Waals surface area (Å²) in [5.74, 6) is -1.13. The molecule has 1 aliphatic rings. The molecule has 1 fully saturated rings. The molecular formula is C22H20FN3O3S.